The van der Waals surface area contributed by atoms with Gasteiger partial charge in [0.05, 0.1) is 0 Å². The first-order valence-corrected chi connectivity index (χ1v) is 8.31. The Morgan fingerprint density at radius 2 is 1.58 bits per heavy atom. The Labute approximate surface area is 152 Å². The zero-order chi connectivity index (χ0) is 19.3. The van der Waals surface area contributed by atoms with Gasteiger partial charge in [0.2, 0.25) is 11.8 Å². The van der Waals surface area contributed by atoms with Gasteiger partial charge >= 0.3 is 0 Å². The van der Waals surface area contributed by atoms with E-state index < -0.39 is 17.9 Å². The van der Waals surface area contributed by atoms with E-state index in [1.54, 1.807) is 24.3 Å². The van der Waals surface area contributed by atoms with Crippen molar-refractivity contribution in [1.82, 2.24) is 5.32 Å². The van der Waals surface area contributed by atoms with Gasteiger partial charge in [-0.2, -0.15) is 0 Å². The van der Waals surface area contributed by atoms with E-state index in [0.717, 1.165) is 16.7 Å². The van der Waals surface area contributed by atoms with Gasteiger partial charge in [-0.1, -0.05) is 18.2 Å². The minimum absolute atomic E-state index is 0.190. The highest BCUT2D eigenvalue weighted by Gasteiger charge is 2.21. The molecule has 0 saturated heterocycles. The fourth-order valence-corrected chi connectivity index (χ4v) is 2.75. The average Bonchev–Trinajstić information content (AvgIpc) is 2.57. The Kier molecular flexibility index (Phi) is 6.11. The minimum atomic E-state index is -0.808. The maximum absolute atomic E-state index is 12.4. The van der Waals surface area contributed by atoms with Crippen LogP contribution >= 0.6 is 0 Å². The molecule has 6 heteroatoms. The van der Waals surface area contributed by atoms with Gasteiger partial charge in [-0.3, -0.25) is 14.4 Å². The van der Waals surface area contributed by atoms with Gasteiger partial charge in [0, 0.05) is 24.6 Å². The number of carbonyl (C=O) groups is 3. The molecule has 0 unspecified atom stereocenters. The first-order chi connectivity index (χ1) is 12.3. The van der Waals surface area contributed by atoms with Crippen LogP contribution in [-0.2, 0) is 16.0 Å². The molecule has 0 heterocycles. The largest absolute Gasteiger partial charge is 0.368 e. The SMILES string of the molecule is CC(=O)Nc1ccc(C(=O)N[C@@H](Cc2c(C)cccc2C)C(N)=O)cc1. The summed E-state index contributed by atoms with van der Waals surface area (Å²) in [6.07, 6.45) is 0.337. The van der Waals surface area contributed by atoms with Crippen LogP contribution in [0.15, 0.2) is 42.5 Å². The fraction of sp³-hybridized carbons (Fsp3) is 0.250. The fourth-order valence-electron chi connectivity index (χ4n) is 2.75. The smallest absolute Gasteiger partial charge is 0.251 e. The molecule has 0 spiro atoms. The van der Waals surface area contributed by atoms with Crippen LogP contribution < -0.4 is 16.4 Å². The van der Waals surface area contributed by atoms with E-state index in [4.69, 9.17) is 5.73 Å². The molecule has 3 amide bonds. The Hall–Kier alpha value is -3.15. The van der Waals surface area contributed by atoms with E-state index in [0.29, 0.717) is 17.7 Å². The molecule has 4 N–H and O–H groups in total. The van der Waals surface area contributed by atoms with Crippen LogP contribution in [0.1, 0.15) is 34.0 Å². The van der Waals surface area contributed by atoms with Gasteiger partial charge in [-0.05, 0) is 54.8 Å². The van der Waals surface area contributed by atoms with Gasteiger partial charge in [0.1, 0.15) is 6.04 Å². The van der Waals surface area contributed by atoms with Gasteiger partial charge in [0.15, 0.2) is 0 Å². The average molecular weight is 353 g/mol. The number of carbonyl (C=O) groups excluding carboxylic acids is 3. The molecular formula is C20H23N3O3. The molecule has 2 aromatic carbocycles. The van der Waals surface area contributed by atoms with Crippen LogP contribution in [0.25, 0.3) is 0 Å². The molecule has 0 radical (unpaired) electrons. The van der Waals surface area contributed by atoms with Crippen molar-refractivity contribution < 1.29 is 14.4 Å². The van der Waals surface area contributed by atoms with Crippen LogP contribution in [0, 0.1) is 13.8 Å². The zero-order valence-corrected chi connectivity index (χ0v) is 15.1. The number of anilines is 1. The monoisotopic (exact) mass is 353 g/mol. The molecule has 0 aliphatic rings. The lowest BCUT2D eigenvalue weighted by atomic mass is 9.96. The summed E-state index contributed by atoms with van der Waals surface area (Å²) in [4.78, 5) is 35.3. The molecule has 0 aromatic heterocycles. The van der Waals surface area contributed by atoms with E-state index >= 15 is 0 Å². The Morgan fingerprint density at radius 1 is 1.00 bits per heavy atom. The van der Waals surface area contributed by atoms with Crippen LogP contribution in [0.5, 0.6) is 0 Å². The number of rotatable bonds is 6. The second-order valence-electron chi connectivity index (χ2n) is 6.26. The molecule has 0 aliphatic carbocycles. The van der Waals surface area contributed by atoms with Crippen LogP contribution in [-0.4, -0.2) is 23.8 Å². The van der Waals surface area contributed by atoms with E-state index in [1.165, 1.54) is 6.92 Å². The number of benzene rings is 2. The Morgan fingerprint density at radius 3 is 2.08 bits per heavy atom. The van der Waals surface area contributed by atoms with E-state index in [-0.39, 0.29) is 5.91 Å². The van der Waals surface area contributed by atoms with Crippen LogP contribution in [0.2, 0.25) is 0 Å². The lowest BCUT2D eigenvalue weighted by Crippen LogP contribution is -2.46. The highest BCUT2D eigenvalue weighted by Crippen LogP contribution is 2.16. The molecule has 2 rings (SSSR count). The van der Waals surface area contributed by atoms with Crippen molar-refractivity contribution in [2.24, 2.45) is 5.73 Å². The number of nitrogens with two attached hydrogens (primary N) is 1. The highest BCUT2D eigenvalue weighted by molar-refractivity contribution is 5.98. The van der Waals surface area contributed by atoms with Crippen molar-refractivity contribution in [1.29, 1.82) is 0 Å². The molecule has 2 aromatic rings. The maximum atomic E-state index is 12.4. The normalized spacial score (nSPS) is 11.5. The molecule has 0 saturated carbocycles. The molecule has 0 aliphatic heterocycles. The van der Waals surface area contributed by atoms with Gasteiger partial charge < -0.3 is 16.4 Å². The second kappa shape index (κ2) is 8.29. The molecule has 136 valence electrons. The van der Waals surface area contributed by atoms with Crippen LogP contribution in [0.3, 0.4) is 0 Å². The molecule has 6 nitrogen and oxygen atoms in total. The number of amides is 3. The number of primary amides is 1. The molecule has 0 fully saturated rings. The number of hydrogen-bond acceptors (Lipinski definition) is 3. The van der Waals surface area contributed by atoms with Crippen molar-refractivity contribution >= 4 is 23.4 Å². The van der Waals surface area contributed by atoms with Gasteiger partial charge in [0.25, 0.3) is 5.91 Å². The third kappa shape index (κ3) is 4.92. The van der Waals surface area contributed by atoms with Crippen molar-refractivity contribution in [2.45, 2.75) is 33.2 Å². The maximum Gasteiger partial charge on any atom is 0.251 e. The second-order valence-corrected chi connectivity index (χ2v) is 6.26. The van der Waals surface area contributed by atoms with E-state index in [9.17, 15) is 14.4 Å². The summed E-state index contributed by atoms with van der Waals surface area (Å²) in [5.74, 6) is -1.17. The van der Waals surface area contributed by atoms with E-state index in [1.807, 2.05) is 32.0 Å². The van der Waals surface area contributed by atoms with Crippen molar-refractivity contribution in [2.75, 3.05) is 5.32 Å². The Balaban J connectivity index is 2.13. The quantitative estimate of drug-likeness (QED) is 0.741. The first-order valence-electron chi connectivity index (χ1n) is 8.31. The summed E-state index contributed by atoms with van der Waals surface area (Å²) in [7, 11) is 0. The third-order valence-corrected chi connectivity index (χ3v) is 4.17. The van der Waals surface area contributed by atoms with Crippen molar-refractivity contribution in [3.05, 3.63) is 64.7 Å². The number of nitrogens with one attached hydrogen (secondary N) is 2. The predicted molar refractivity (Wildman–Crippen MR) is 101 cm³/mol. The minimum Gasteiger partial charge on any atom is -0.368 e. The standard InChI is InChI=1S/C20H23N3O3/c1-12-5-4-6-13(2)17(12)11-18(19(21)25)23-20(26)15-7-9-16(10-8-15)22-14(3)24/h4-10,18H,11H2,1-3H3,(H2,21,25)(H,22,24)(H,23,26)/t18-/m0/s1. The van der Waals surface area contributed by atoms with Gasteiger partial charge in [-0.25, -0.2) is 0 Å². The third-order valence-electron chi connectivity index (χ3n) is 4.17. The highest BCUT2D eigenvalue weighted by atomic mass is 16.2. The lowest BCUT2D eigenvalue weighted by molar-refractivity contribution is -0.119. The summed E-state index contributed by atoms with van der Waals surface area (Å²) in [6.45, 7) is 5.33. The van der Waals surface area contributed by atoms with Crippen molar-refractivity contribution in [3.63, 3.8) is 0 Å². The summed E-state index contributed by atoms with van der Waals surface area (Å²) in [5.41, 5.74) is 9.55. The van der Waals surface area contributed by atoms with Gasteiger partial charge in [-0.15, -0.1) is 0 Å². The van der Waals surface area contributed by atoms with E-state index in [2.05, 4.69) is 10.6 Å². The predicted octanol–water partition coefficient (Wildman–Crippen LogP) is 2.09. The molecule has 0 bridgehead atoms. The van der Waals surface area contributed by atoms with Crippen molar-refractivity contribution in [3.8, 4) is 0 Å². The molecule has 26 heavy (non-hydrogen) atoms. The molecular weight excluding hydrogens is 330 g/mol. The summed E-state index contributed by atoms with van der Waals surface area (Å²) in [6, 6.07) is 11.5. The zero-order valence-electron chi connectivity index (χ0n) is 15.1. The summed E-state index contributed by atoms with van der Waals surface area (Å²) in [5, 5.41) is 5.33. The number of aryl methyl sites for hydroxylation is 2. The Bertz CT molecular complexity index is 808. The molecule has 1 atom stereocenters. The topological polar surface area (TPSA) is 101 Å². The van der Waals surface area contributed by atoms with Crippen LogP contribution in [0.4, 0.5) is 5.69 Å². The first kappa shape index (κ1) is 19.2. The number of hydrogen-bond donors (Lipinski definition) is 3. The summed E-state index contributed by atoms with van der Waals surface area (Å²) >= 11 is 0. The summed E-state index contributed by atoms with van der Waals surface area (Å²) < 4.78 is 0. The lowest BCUT2D eigenvalue weighted by Gasteiger charge is -2.18.